The number of amides is 1. The zero-order chi connectivity index (χ0) is 19.2. The van der Waals surface area contributed by atoms with E-state index in [9.17, 15) is 4.79 Å². The fraction of sp³-hybridized carbons (Fsp3) is 0.120. The highest BCUT2D eigenvalue weighted by molar-refractivity contribution is 6.11. The molecular formula is C25H22N2O. The molecule has 3 heteroatoms. The van der Waals surface area contributed by atoms with E-state index in [-0.39, 0.29) is 11.8 Å². The molecule has 1 saturated carbocycles. The van der Waals surface area contributed by atoms with Crippen LogP contribution in [-0.2, 0) is 4.79 Å². The molecule has 3 nitrogen and oxygen atoms in total. The molecule has 0 heterocycles. The predicted molar refractivity (Wildman–Crippen MR) is 114 cm³/mol. The molecule has 28 heavy (non-hydrogen) atoms. The summed E-state index contributed by atoms with van der Waals surface area (Å²) in [5.41, 5.74) is 6.78. The van der Waals surface area contributed by atoms with Gasteiger partial charge >= 0.3 is 0 Å². The summed E-state index contributed by atoms with van der Waals surface area (Å²) in [6.07, 6.45) is 4.82. The van der Waals surface area contributed by atoms with Crippen LogP contribution in [-0.4, -0.2) is 11.6 Å². The summed E-state index contributed by atoms with van der Waals surface area (Å²) in [7, 11) is 0. The number of nitrogens with zero attached hydrogens (tertiary/aromatic N) is 1. The molecule has 4 rings (SSSR count). The summed E-state index contributed by atoms with van der Waals surface area (Å²) in [5, 5.41) is 4.43. The Morgan fingerprint density at radius 1 is 0.857 bits per heavy atom. The molecule has 3 aromatic rings. The van der Waals surface area contributed by atoms with E-state index < -0.39 is 0 Å². The molecule has 1 fully saturated rings. The number of hydrogen-bond donors (Lipinski definition) is 1. The highest BCUT2D eigenvalue weighted by Crippen LogP contribution is 2.47. The Morgan fingerprint density at radius 3 is 2.14 bits per heavy atom. The van der Waals surface area contributed by atoms with Crippen molar-refractivity contribution in [2.45, 2.75) is 12.3 Å². The van der Waals surface area contributed by atoms with Gasteiger partial charge in [0.2, 0.25) is 5.91 Å². The van der Waals surface area contributed by atoms with Crippen LogP contribution in [0, 0.1) is 5.92 Å². The molecule has 3 aromatic carbocycles. The average molecular weight is 366 g/mol. The van der Waals surface area contributed by atoms with Gasteiger partial charge < -0.3 is 0 Å². The second-order valence-electron chi connectivity index (χ2n) is 6.94. The SMILES string of the molecule is O=C(N/N=C(/C=C/c1ccccc1)c1ccccc1)[C@H]1C[C@@H]1c1ccccc1. The third kappa shape index (κ3) is 4.44. The van der Waals surface area contributed by atoms with E-state index in [4.69, 9.17) is 0 Å². The quantitative estimate of drug-likeness (QED) is 0.483. The van der Waals surface area contributed by atoms with E-state index in [0.717, 1.165) is 23.3 Å². The second-order valence-corrected chi connectivity index (χ2v) is 6.94. The first-order valence-corrected chi connectivity index (χ1v) is 9.52. The molecule has 1 N–H and O–H groups in total. The third-order valence-electron chi connectivity index (χ3n) is 4.94. The van der Waals surface area contributed by atoms with E-state index in [1.165, 1.54) is 5.56 Å². The molecule has 0 radical (unpaired) electrons. The van der Waals surface area contributed by atoms with E-state index in [1.54, 1.807) is 0 Å². The van der Waals surface area contributed by atoms with Crippen LogP contribution in [0.15, 0.2) is 102 Å². The van der Waals surface area contributed by atoms with Crippen molar-refractivity contribution in [1.29, 1.82) is 0 Å². The lowest BCUT2D eigenvalue weighted by molar-refractivity contribution is -0.122. The molecule has 0 bridgehead atoms. The number of carbonyl (C=O) groups excluding carboxylic acids is 1. The Morgan fingerprint density at radius 2 is 1.46 bits per heavy atom. The topological polar surface area (TPSA) is 41.5 Å². The van der Waals surface area contributed by atoms with Crippen molar-refractivity contribution in [2.75, 3.05) is 0 Å². The summed E-state index contributed by atoms with van der Waals surface area (Å²) in [4.78, 5) is 12.6. The van der Waals surface area contributed by atoms with Gasteiger partial charge in [0.15, 0.2) is 0 Å². The van der Waals surface area contributed by atoms with Gasteiger partial charge in [0.25, 0.3) is 0 Å². The molecule has 0 aliphatic heterocycles. The highest BCUT2D eigenvalue weighted by Gasteiger charge is 2.43. The maximum absolute atomic E-state index is 12.6. The Balaban J connectivity index is 1.48. The largest absolute Gasteiger partial charge is 0.273 e. The highest BCUT2D eigenvalue weighted by atomic mass is 16.2. The Labute approximate surface area is 165 Å². The summed E-state index contributed by atoms with van der Waals surface area (Å²) in [6.45, 7) is 0. The fourth-order valence-electron chi connectivity index (χ4n) is 3.30. The molecule has 1 amide bonds. The van der Waals surface area contributed by atoms with Gasteiger partial charge in [-0.3, -0.25) is 4.79 Å². The van der Waals surface area contributed by atoms with Crippen LogP contribution in [0.5, 0.6) is 0 Å². The standard InChI is InChI=1S/C25H22N2O/c28-25(23-18-22(23)20-12-6-2-7-13-20)27-26-24(21-14-8-3-9-15-21)17-16-19-10-4-1-5-11-19/h1-17,22-23H,18H2,(H,27,28)/b17-16+,26-24-/t22-,23+/m1/s1. The van der Waals surface area contributed by atoms with E-state index >= 15 is 0 Å². The first-order chi connectivity index (χ1) is 13.8. The predicted octanol–water partition coefficient (Wildman–Crippen LogP) is 5.02. The van der Waals surface area contributed by atoms with E-state index in [2.05, 4.69) is 22.7 Å². The molecule has 0 unspecified atom stereocenters. The number of carbonyl (C=O) groups is 1. The fourth-order valence-corrected chi connectivity index (χ4v) is 3.30. The number of benzene rings is 3. The van der Waals surface area contributed by atoms with Crippen molar-refractivity contribution in [3.63, 3.8) is 0 Å². The third-order valence-corrected chi connectivity index (χ3v) is 4.94. The van der Waals surface area contributed by atoms with Crippen LogP contribution in [0.2, 0.25) is 0 Å². The first-order valence-electron chi connectivity index (χ1n) is 9.52. The van der Waals surface area contributed by atoms with Crippen LogP contribution >= 0.6 is 0 Å². The zero-order valence-electron chi connectivity index (χ0n) is 15.5. The average Bonchev–Trinajstić information content (AvgIpc) is 3.57. The van der Waals surface area contributed by atoms with Crippen LogP contribution in [0.1, 0.15) is 29.0 Å². The lowest BCUT2D eigenvalue weighted by Gasteiger charge is -2.04. The maximum Gasteiger partial charge on any atom is 0.243 e. The Hall–Kier alpha value is -3.46. The minimum absolute atomic E-state index is 0.00118. The van der Waals surface area contributed by atoms with Gasteiger partial charge in [0.05, 0.1) is 5.71 Å². The van der Waals surface area contributed by atoms with Crippen LogP contribution in [0.25, 0.3) is 6.08 Å². The second kappa shape index (κ2) is 8.49. The molecule has 0 spiro atoms. The Bertz CT molecular complexity index is 979. The number of hydrazone groups is 1. The molecule has 0 aromatic heterocycles. The molecule has 0 saturated heterocycles. The Kier molecular flexibility index (Phi) is 5.43. The molecule has 138 valence electrons. The molecule has 2 atom stereocenters. The monoisotopic (exact) mass is 366 g/mol. The van der Waals surface area contributed by atoms with Crippen molar-refractivity contribution in [2.24, 2.45) is 11.0 Å². The van der Waals surface area contributed by atoms with Gasteiger partial charge in [0, 0.05) is 11.5 Å². The molecular weight excluding hydrogens is 344 g/mol. The van der Waals surface area contributed by atoms with Crippen molar-refractivity contribution in [3.05, 3.63) is 114 Å². The van der Waals surface area contributed by atoms with Crippen molar-refractivity contribution in [3.8, 4) is 0 Å². The molecule has 1 aliphatic rings. The van der Waals surface area contributed by atoms with E-state index in [1.807, 2.05) is 91.0 Å². The van der Waals surface area contributed by atoms with Gasteiger partial charge in [-0.05, 0) is 29.5 Å². The number of allylic oxidation sites excluding steroid dienone is 1. The smallest absolute Gasteiger partial charge is 0.243 e. The normalized spacial score (nSPS) is 18.8. The van der Waals surface area contributed by atoms with Crippen LogP contribution in [0.3, 0.4) is 0 Å². The van der Waals surface area contributed by atoms with Gasteiger partial charge in [-0.1, -0.05) is 97.1 Å². The van der Waals surface area contributed by atoms with Gasteiger partial charge in [-0.2, -0.15) is 5.10 Å². The van der Waals surface area contributed by atoms with E-state index in [0.29, 0.717) is 5.92 Å². The van der Waals surface area contributed by atoms with Gasteiger partial charge in [0.1, 0.15) is 0 Å². The van der Waals surface area contributed by atoms with Crippen molar-refractivity contribution in [1.82, 2.24) is 5.43 Å². The lowest BCUT2D eigenvalue weighted by Crippen LogP contribution is -2.21. The van der Waals surface area contributed by atoms with Crippen LogP contribution in [0.4, 0.5) is 0 Å². The number of nitrogens with one attached hydrogen (secondary N) is 1. The van der Waals surface area contributed by atoms with Crippen molar-refractivity contribution < 1.29 is 4.79 Å². The number of rotatable bonds is 6. The minimum Gasteiger partial charge on any atom is -0.273 e. The first kappa shape index (κ1) is 17.9. The van der Waals surface area contributed by atoms with Gasteiger partial charge in [-0.15, -0.1) is 0 Å². The summed E-state index contributed by atoms with van der Waals surface area (Å²) >= 11 is 0. The molecule has 1 aliphatic carbocycles. The maximum atomic E-state index is 12.6. The summed E-state index contributed by atoms with van der Waals surface area (Å²) in [6, 6.07) is 30.1. The van der Waals surface area contributed by atoms with Gasteiger partial charge in [-0.25, -0.2) is 5.43 Å². The van der Waals surface area contributed by atoms with Crippen molar-refractivity contribution >= 4 is 17.7 Å². The number of hydrogen-bond acceptors (Lipinski definition) is 2. The summed E-state index contributed by atoms with van der Waals surface area (Å²) < 4.78 is 0. The van der Waals surface area contributed by atoms with Crippen LogP contribution < -0.4 is 5.43 Å². The lowest BCUT2D eigenvalue weighted by atomic mass is 10.1. The zero-order valence-corrected chi connectivity index (χ0v) is 15.5. The summed E-state index contributed by atoms with van der Waals surface area (Å²) in [5.74, 6) is 0.285. The minimum atomic E-state index is -0.0182.